The van der Waals surface area contributed by atoms with Crippen LogP contribution in [0.25, 0.3) is 0 Å². The molecule has 24 heavy (non-hydrogen) atoms. The van der Waals surface area contributed by atoms with Gasteiger partial charge in [-0.3, -0.25) is 0 Å². The van der Waals surface area contributed by atoms with E-state index in [-0.39, 0.29) is 0 Å². The van der Waals surface area contributed by atoms with Crippen LogP contribution in [0.2, 0.25) is 0 Å². The van der Waals surface area contributed by atoms with Crippen molar-refractivity contribution in [1.82, 2.24) is 0 Å². The van der Waals surface area contributed by atoms with E-state index in [9.17, 15) is 0 Å². The molecule has 2 N–H and O–H groups in total. The van der Waals surface area contributed by atoms with Crippen molar-refractivity contribution in [3.8, 4) is 0 Å². The summed E-state index contributed by atoms with van der Waals surface area (Å²) >= 11 is 0. The number of hydrogen-bond donors (Lipinski definition) is 1. The molecule has 3 aromatic rings. The van der Waals surface area contributed by atoms with Gasteiger partial charge in [0.1, 0.15) is 0 Å². The fourth-order valence-electron chi connectivity index (χ4n) is 3.40. The molecule has 0 amide bonds. The minimum Gasteiger partial charge on any atom is -0.399 e. The highest BCUT2D eigenvalue weighted by molar-refractivity contribution is 5.58. The lowest BCUT2D eigenvalue weighted by Gasteiger charge is -2.34. The number of nitrogens with two attached hydrogens (primary N) is 1. The summed E-state index contributed by atoms with van der Waals surface area (Å²) in [5, 5.41) is 0. The molecule has 0 aromatic heterocycles. The van der Waals surface area contributed by atoms with Crippen molar-refractivity contribution in [2.75, 3.05) is 5.73 Å². The Hall–Kier alpha value is -2.80. The Morgan fingerprint density at radius 1 is 0.792 bits per heavy atom. The second-order valence-electron chi connectivity index (χ2n) is 6.32. The number of hydrogen-bond acceptors (Lipinski definition) is 1. The van der Waals surface area contributed by atoms with Gasteiger partial charge in [-0.05, 0) is 48.2 Å². The maximum atomic E-state index is 5.91. The monoisotopic (exact) mass is 313 g/mol. The molecule has 120 valence electrons. The first-order valence-corrected chi connectivity index (χ1v) is 8.21. The standard InChI is InChI=1S/C23H23N/c1-4-23(19-11-9-17(2)10-12-19,20-13-15-21(24)16-14-20)22-8-6-5-7-18(22)3/h4-16H,1,24H2,2-3H3. The molecule has 1 atom stereocenters. The average molecular weight is 313 g/mol. The highest BCUT2D eigenvalue weighted by Crippen LogP contribution is 2.42. The number of aryl methyl sites for hydroxylation is 2. The normalized spacial score (nSPS) is 13.2. The summed E-state index contributed by atoms with van der Waals surface area (Å²) in [6, 6.07) is 25.3. The molecular formula is C23H23N. The Morgan fingerprint density at radius 3 is 1.88 bits per heavy atom. The first-order valence-electron chi connectivity index (χ1n) is 8.21. The van der Waals surface area contributed by atoms with Crippen LogP contribution in [-0.4, -0.2) is 0 Å². The molecule has 0 bridgehead atoms. The van der Waals surface area contributed by atoms with Gasteiger partial charge < -0.3 is 5.73 Å². The van der Waals surface area contributed by atoms with Gasteiger partial charge in [-0.25, -0.2) is 0 Å². The molecule has 0 aliphatic rings. The smallest absolute Gasteiger partial charge is 0.0632 e. The molecule has 1 nitrogen and oxygen atoms in total. The zero-order valence-electron chi connectivity index (χ0n) is 14.3. The van der Waals surface area contributed by atoms with E-state index in [1.165, 1.54) is 27.8 Å². The van der Waals surface area contributed by atoms with E-state index in [1.807, 2.05) is 18.2 Å². The number of allylic oxidation sites excluding steroid dienone is 1. The van der Waals surface area contributed by atoms with Gasteiger partial charge >= 0.3 is 0 Å². The van der Waals surface area contributed by atoms with Crippen LogP contribution < -0.4 is 5.73 Å². The Bertz CT molecular complexity index is 796. The molecule has 1 unspecified atom stereocenters. The summed E-state index contributed by atoms with van der Waals surface area (Å²) in [5.74, 6) is 0. The zero-order chi connectivity index (χ0) is 17.2. The number of benzene rings is 3. The predicted molar refractivity (Wildman–Crippen MR) is 103 cm³/mol. The zero-order valence-corrected chi connectivity index (χ0v) is 14.3. The quantitative estimate of drug-likeness (QED) is 0.389. The van der Waals surface area contributed by atoms with Crippen LogP contribution in [-0.2, 0) is 5.41 Å². The fourth-order valence-corrected chi connectivity index (χ4v) is 3.40. The van der Waals surface area contributed by atoms with Crippen molar-refractivity contribution in [3.05, 3.63) is 113 Å². The number of anilines is 1. The molecule has 0 saturated carbocycles. The minimum atomic E-state index is -0.396. The molecule has 0 heterocycles. The summed E-state index contributed by atoms with van der Waals surface area (Å²) in [6.45, 7) is 8.48. The topological polar surface area (TPSA) is 26.0 Å². The number of rotatable bonds is 4. The first-order chi connectivity index (χ1) is 11.6. The molecule has 1 heteroatoms. The van der Waals surface area contributed by atoms with E-state index in [0.29, 0.717) is 0 Å². The third-order valence-corrected chi connectivity index (χ3v) is 4.75. The second-order valence-corrected chi connectivity index (χ2v) is 6.32. The summed E-state index contributed by atoms with van der Waals surface area (Å²) in [4.78, 5) is 0. The summed E-state index contributed by atoms with van der Waals surface area (Å²) < 4.78 is 0. The molecular weight excluding hydrogens is 290 g/mol. The highest BCUT2D eigenvalue weighted by atomic mass is 14.5. The van der Waals surface area contributed by atoms with Crippen molar-refractivity contribution in [3.63, 3.8) is 0 Å². The van der Waals surface area contributed by atoms with Crippen LogP contribution in [0.4, 0.5) is 5.69 Å². The average Bonchev–Trinajstić information content (AvgIpc) is 2.60. The van der Waals surface area contributed by atoms with Crippen LogP contribution in [0.5, 0.6) is 0 Å². The van der Waals surface area contributed by atoms with Gasteiger partial charge in [0.2, 0.25) is 0 Å². The third-order valence-electron chi connectivity index (χ3n) is 4.75. The molecule has 0 spiro atoms. The second kappa shape index (κ2) is 6.37. The Balaban J connectivity index is 2.34. The molecule has 3 rings (SSSR count). The van der Waals surface area contributed by atoms with Gasteiger partial charge in [0.15, 0.2) is 0 Å². The largest absolute Gasteiger partial charge is 0.399 e. The van der Waals surface area contributed by atoms with Crippen LogP contribution in [0.1, 0.15) is 27.8 Å². The predicted octanol–water partition coefficient (Wildman–Crippen LogP) is 5.41. The molecule has 0 fully saturated rings. The van der Waals surface area contributed by atoms with Gasteiger partial charge in [0.25, 0.3) is 0 Å². The summed E-state index contributed by atoms with van der Waals surface area (Å²) in [5.41, 5.74) is 12.4. The van der Waals surface area contributed by atoms with Crippen LogP contribution in [0.3, 0.4) is 0 Å². The van der Waals surface area contributed by atoms with Crippen molar-refractivity contribution in [1.29, 1.82) is 0 Å². The molecule has 3 aromatic carbocycles. The number of nitrogen functional groups attached to an aromatic ring is 1. The summed E-state index contributed by atoms with van der Waals surface area (Å²) in [6.07, 6.45) is 2.05. The maximum absolute atomic E-state index is 5.91. The van der Waals surface area contributed by atoms with Gasteiger partial charge in [-0.15, -0.1) is 6.58 Å². The Labute approximate surface area is 144 Å². The van der Waals surface area contributed by atoms with Gasteiger partial charge in [-0.2, -0.15) is 0 Å². The molecule has 0 saturated heterocycles. The van der Waals surface area contributed by atoms with Crippen molar-refractivity contribution in [2.45, 2.75) is 19.3 Å². The van der Waals surface area contributed by atoms with Gasteiger partial charge in [0, 0.05) is 5.69 Å². The molecule has 0 aliphatic carbocycles. The van der Waals surface area contributed by atoms with Crippen LogP contribution in [0.15, 0.2) is 85.5 Å². The first kappa shape index (κ1) is 16.1. The van der Waals surface area contributed by atoms with Crippen LogP contribution >= 0.6 is 0 Å². The lowest BCUT2D eigenvalue weighted by atomic mass is 9.68. The van der Waals surface area contributed by atoms with Gasteiger partial charge in [-0.1, -0.05) is 72.3 Å². The van der Waals surface area contributed by atoms with Crippen LogP contribution in [0, 0.1) is 13.8 Å². The van der Waals surface area contributed by atoms with E-state index >= 15 is 0 Å². The summed E-state index contributed by atoms with van der Waals surface area (Å²) in [7, 11) is 0. The van der Waals surface area contributed by atoms with E-state index in [2.05, 4.69) is 81.1 Å². The molecule has 0 radical (unpaired) electrons. The SMILES string of the molecule is C=CC(c1ccc(C)cc1)(c1ccc(N)cc1)c1ccccc1C. The van der Waals surface area contributed by atoms with Crippen molar-refractivity contribution < 1.29 is 0 Å². The van der Waals surface area contributed by atoms with Crippen molar-refractivity contribution >= 4 is 5.69 Å². The van der Waals surface area contributed by atoms with Gasteiger partial charge in [0.05, 0.1) is 5.41 Å². The van der Waals surface area contributed by atoms with E-state index < -0.39 is 5.41 Å². The van der Waals surface area contributed by atoms with E-state index in [4.69, 9.17) is 5.73 Å². The Morgan fingerprint density at radius 2 is 1.33 bits per heavy atom. The lowest BCUT2D eigenvalue weighted by Crippen LogP contribution is -2.27. The van der Waals surface area contributed by atoms with Crippen molar-refractivity contribution in [2.24, 2.45) is 0 Å². The lowest BCUT2D eigenvalue weighted by molar-refractivity contribution is 0.773. The third kappa shape index (κ3) is 2.63. The highest BCUT2D eigenvalue weighted by Gasteiger charge is 2.34. The van der Waals surface area contributed by atoms with E-state index in [1.54, 1.807) is 0 Å². The minimum absolute atomic E-state index is 0.396. The fraction of sp³-hybridized carbons (Fsp3) is 0.130. The van der Waals surface area contributed by atoms with E-state index in [0.717, 1.165) is 5.69 Å². The molecule has 0 aliphatic heterocycles. The Kier molecular flexibility index (Phi) is 4.26. The maximum Gasteiger partial charge on any atom is 0.0632 e.